The fourth-order valence-electron chi connectivity index (χ4n) is 7.09. The van der Waals surface area contributed by atoms with Crippen molar-refractivity contribution in [2.45, 2.75) is 95.6 Å². The zero-order valence-electron chi connectivity index (χ0n) is 33.8. The van der Waals surface area contributed by atoms with E-state index in [1.54, 1.807) is 24.3 Å². The molecule has 2 unspecified atom stereocenters. The van der Waals surface area contributed by atoms with Gasteiger partial charge in [-0.1, -0.05) is 56.9 Å². The first kappa shape index (κ1) is 45.1. The van der Waals surface area contributed by atoms with Crippen LogP contribution in [0.3, 0.4) is 0 Å². The molecule has 14 heteroatoms. The molecule has 57 heavy (non-hydrogen) atoms. The van der Waals surface area contributed by atoms with Crippen LogP contribution in [0.5, 0.6) is 11.5 Å². The lowest BCUT2D eigenvalue weighted by Gasteiger charge is -2.32. The summed E-state index contributed by atoms with van der Waals surface area (Å²) in [5.41, 5.74) is 22.6. The van der Waals surface area contributed by atoms with Gasteiger partial charge in [0.15, 0.2) is 5.37 Å². The van der Waals surface area contributed by atoms with Crippen LogP contribution in [0.4, 0.5) is 0 Å². The van der Waals surface area contributed by atoms with Gasteiger partial charge in [0.05, 0.1) is 0 Å². The van der Waals surface area contributed by atoms with Crippen molar-refractivity contribution in [2.75, 3.05) is 39.9 Å². The molecule has 0 saturated carbocycles. The largest absolute Gasteiger partial charge is 0.492 e. The quantitative estimate of drug-likeness (QED) is 0.0735. The molecule has 0 aliphatic carbocycles. The van der Waals surface area contributed by atoms with Gasteiger partial charge in [0, 0.05) is 42.9 Å². The fraction of sp³-hybridized carbons (Fsp3) is 0.488. The zero-order chi connectivity index (χ0) is 41.5. The van der Waals surface area contributed by atoms with E-state index in [0.717, 1.165) is 36.0 Å². The summed E-state index contributed by atoms with van der Waals surface area (Å²) >= 11 is 4.43. The van der Waals surface area contributed by atoms with Crippen LogP contribution in [0.2, 0.25) is 0 Å². The van der Waals surface area contributed by atoms with Crippen LogP contribution in [0.15, 0.2) is 54.6 Å². The second-order valence-electron chi connectivity index (χ2n) is 14.7. The normalized spacial score (nSPS) is 17.4. The lowest BCUT2D eigenvalue weighted by atomic mass is 9.94. The number of ether oxygens (including phenoxy) is 2. The van der Waals surface area contributed by atoms with E-state index in [1.807, 2.05) is 44.2 Å². The maximum absolute atomic E-state index is 14.5. The molecular weight excluding hydrogens is 743 g/mol. The molecule has 3 aromatic carbocycles. The molecule has 4 atom stereocenters. The van der Waals surface area contributed by atoms with Crippen molar-refractivity contribution < 1.29 is 28.7 Å². The number of unbranched alkanes of at least 4 members (excludes halogenated alkanes) is 4. The molecule has 1 heterocycles. The molecule has 3 aromatic rings. The van der Waals surface area contributed by atoms with Gasteiger partial charge in [-0.25, -0.2) is 0 Å². The summed E-state index contributed by atoms with van der Waals surface area (Å²) in [5.74, 6) is -1.14. The number of hydrogen-bond acceptors (Lipinski definition) is 10. The zero-order valence-corrected chi connectivity index (χ0v) is 34.7. The summed E-state index contributed by atoms with van der Waals surface area (Å²) in [7, 11) is 1.48. The Hall–Kier alpha value is -4.63. The molecule has 0 radical (unpaired) electrons. The first-order valence-corrected chi connectivity index (χ1v) is 20.5. The molecule has 0 aromatic heterocycles. The Morgan fingerprint density at radius 1 is 0.877 bits per heavy atom. The summed E-state index contributed by atoms with van der Waals surface area (Å²) in [6.07, 6.45) is 7.38. The van der Waals surface area contributed by atoms with Crippen molar-refractivity contribution in [1.29, 1.82) is 0 Å². The summed E-state index contributed by atoms with van der Waals surface area (Å²) < 4.78 is 12.2. The third kappa shape index (κ3) is 12.4. The van der Waals surface area contributed by atoms with Gasteiger partial charge in [0.2, 0.25) is 11.8 Å². The Bertz CT molecular complexity index is 1840. The number of thiol groups is 1. The number of nitrogens with two attached hydrogens (primary N) is 3. The number of likely N-dealkylation sites (N-methyl/N-ethyl adjacent to an activating group) is 1. The highest BCUT2D eigenvalue weighted by Gasteiger charge is 2.35. The molecule has 310 valence electrons. The number of fused-ring (bicyclic) bond motifs is 5. The first-order chi connectivity index (χ1) is 27.4. The van der Waals surface area contributed by atoms with E-state index in [0.29, 0.717) is 40.2 Å². The molecular formula is C43H61N7O6S. The van der Waals surface area contributed by atoms with Crippen LogP contribution < -0.4 is 42.6 Å². The highest BCUT2D eigenvalue weighted by Crippen LogP contribution is 2.40. The van der Waals surface area contributed by atoms with E-state index in [2.05, 4.69) is 35.5 Å². The number of aryl methyl sites for hydroxylation is 2. The minimum atomic E-state index is -1.28. The number of benzene rings is 3. The van der Waals surface area contributed by atoms with E-state index in [1.165, 1.54) is 31.2 Å². The Morgan fingerprint density at radius 3 is 2.19 bits per heavy atom. The molecule has 9 N–H and O–H groups in total. The Morgan fingerprint density at radius 2 is 1.54 bits per heavy atom. The van der Waals surface area contributed by atoms with Crippen molar-refractivity contribution in [1.82, 2.24) is 20.9 Å². The maximum atomic E-state index is 14.5. The number of nitrogens with zero attached hydrogens (tertiary/aromatic N) is 1. The van der Waals surface area contributed by atoms with Gasteiger partial charge in [-0.2, -0.15) is 0 Å². The number of amides is 4. The molecule has 0 saturated heterocycles. The Kier molecular flexibility index (Phi) is 17.7. The van der Waals surface area contributed by atoms with Crippen molar-refractivity contribution in [2.24, 2.45) is 17.2 Å². The van der Waals surface area contributed by atoms with Crippen molar-refractivity contribution >= 4 is 36.3 Å². The minimum absolute atomic E-state index is 0.0909. The molecule has 4 bridgehead atoms. The van der Waals surface area contributed by atoms with Crippen LogP contribution in [0.25, 0.3) is 11.1 Å². The predicted molar refractivity (Wildman–Crippen MR) is 227 cm³/mol. The van der Waals surface area contributed by atoms with E-state index in [-0.39, 0.29) is 45.3 Å². The van der Waals surface area contributed by atoms with Crippen LogP contribution >= 0.6 is 12.6 Å². The average molecular weight is 804 g/mol. The first-order valence-electron chi connectivity index (χ1n) is 20.0. The summed E-state index contributed by atoms with van der Waals surface area (Å²) in [4.78, 5) is 57.0. The smallest absolute Gasteiger partial charge is 0.253 e. The summed E-state index contributed by atoms with van der Waals surface area (Å²) in [6, 6.07) is 14.0. The van der Waals surface area contributed by atoms with Gasteiger partial charge in [-0.05, 0) is 98.7 Å². The van der Waals surface area contributed by atoms with Crippen molar-refractivity contribution in [3.05, 3.63) is 82.4 Å². The van der Waals surface area contributed by atoms with Gasteiger partial charge >= 0.3 is 0 Å². The standard InChI is InChI=1S/C43H61N7O6S/c1-5-6-7-8-9-10-29-11-14-32(27(2)23-29)39(51)48-35(17-18-44)43(54)50(4)38-31-13-16-37(56-22-20-46)34(26-31)33-25-30(12-15-36(33)55-21-19-45)24-28(3)47-41(53)42(57)49-40(38)52/h11-16,23,25-26,28,35,38,42,57H,5-10,17-22,24,44-46H2,1-4H3,(H,47,53)(H,48,51)(H,49,52)/t28?,35-,38?,42-/m0/s1. The molecule has 1 aliphatic heterocycles. The molecule has 1 aliphatic rings. The molecule has 0 fully saturated rings. The van der Waals surface area contributed by atoms with E-state index in [9.17, 15) is 19.2 Å². The lowest BCUT2D eigenvalue weighted by molar-refractivity contribution is -0.141. The molecule has 13 nitrogen and oxygen atoms in total. The van der Waals surface area contributed by atoms with Crippen LogP contribution in [0, 0.1) is 6.92 Å². The number of carbonyl (C=O) groups excluding carboxylic acids is 4. The topological polar surface area (TPSA) is 204 Å². The van der Waals surface area contributed by atoms with Gasteiger partial charge in [0.25, 0.3) is 11.8 Å². The lowest BCUT2D eigenvalue weighted by Crippen LogP contribution is -2.53. The fourth-order valence-corrected chi connectivity index (χ4v) is 7.29. The Balaban J connectivity index is 1.74. The third-order valence-electron chi connectivity index (χ3n) is 10.0. The molecule has 4 amide bonds. The number of carbonyl (C=O) groups is 4. The van der Waals surface area contributed by atoms with Gasteiger partial charge in [-0.15, -0.1) is 12.6 Å². The monoisotopic (exact) mass is 803 g/mol. The van der Waals surface area contributed by atoms with Crippen molar-refractivity contribution in [3.63, 3.8) is 0 Å². The average Bonchev–Trinajstić information content (AvgIpc) is 3.18. The summed E-state index contributed by atoms with van der Waals surface area (Å²) in [5, 5.41) is 7.26. The second-order valence-corrected chi connectivity index (χ2v) is 15.2. The van der Waals surface area contributed by atoms with E-state index < -0.39 is 41.1 Å². The third-order valence-corrected chi connectivity index (χ3v) is 10.4. The minimum Gasteiger partial charge on any atom is -0.492 e. The highest BCUT2D eigenvalue weighted by atomic mass is 32.1. The van der Waals surface area contributed by atoms with E-state index >= 15 is 0 Å². The van der Waals surface area contributed by atoms with Crippen LogP contribution in [-0.4, -0.2) is 85.9 Å². The van der Waals surface area contributed by atoms with Crippen molar-refractivity contribution in [3.8, 4) is 22.6 Å². The number of hydrogen-bond donors (Lipinski definition) is 7. The maximum Gasteiger partial charge on any atom is 0.253 e. The predicted octanol–water partition coefficient (Wildman–Crippen LogP) is 3.93. The van der Waals surface area contributed by atoms with E-state index in [4.69, 9.17) is 26.7 Å². The molecule has 4 rings (SSSR count). The summed E-state index contributed by atoms with van der Waals surface area (Å²) in [6.45, 7) is 7.04. The van der Waals surface area contributed by atoms with Crippen LogP contribution in [0.1, 0.15) is 91.0 Å². The van der Waals surface area contributed by atoms with Gasteiger partial charge in [-0.3, -0.25) is 19.2 Å². The molecule has 0 spiro atoms. The highest BCUT2D eigenvalue weighted by molar-refractivity contribution is 7.81. The van der Waals surface area contributed by atoms with Gasteiger partial charge in [0.1, 0.15) is 36.8 Å². The SMILES string of the molecule is CCCCCCCc1ccc(C(=O)N[C@@H](CCN)C(=O)N(C)C2C(=O)N[C@@H](S)C(=O)NC(C)Cc3ccc(OCCN)c(c3)-c3cc2ccc3OCCN)c(C)c1. The second kappa shape index (κ2) is 22.3. The Labute approximate surface area is 342 Å². The van der Waals surface area contributed by atoms with Gasteiger partial charge < -0.3 is 47.5 Å². The number of nitrogens with one attached hydrogen (secondary N) is 3. The van der Waals surface area contributed by atoms with Crippen LogP contribution in [-0.2, 0) is 27.2 Å². The number of rotatable bonds is 18.